The van der Waals surface area contributed by atoms with Crippen LogP contribution in [-0.2, 0) is 0 Å². The standard InChI is InChI=1S/C20H23N/c1-14(15-8-2-3-9-15)21-20-18-12-6-4-10-16(18)17-11-5-7-13-19(17)20/h4-7,10-15,20-21H,2-3,8-9H2,1H3/t14-/m1/s1. The molecule has 0 amide bonds. The van der Waals surface area contributed by atoms with Gasteiger partial charge in [-0.15, -0.1) is 0 Å². The molecule has 1 heteroatoms. The first-order chi connectivity index (χ1) is 10.3. The van der Waals surface area contributed by atoms with Crippen molar-refractivity contribution in [1.82, 2.24) is 5.32 Å². The molecular weight excluding hydrogens is 254 g/mol. The summed E-state index contributed by atoms with van der Waals surface area (Å²) in [5.41, 5.74) is 5.71. The lowest BCUT2D eigenvalue weighted by Gasteiger charge is -2.26. The Morgan fingerprint density at radius 1 is 0.857 bits per heavy atom. The van der Waals surface area contributed by atoms with Crippen molar-refractivity contribution < 1.29 is 0 Å². The normalized spacial score (nSPS) is 19.5. The molecular formula is C20H23N. The SMILES string of the molecule is C[C@@H](NC1c2ccccc2-c2ccccc21)C1CCCC1. The number of hydrogen-bond acceptors (Lipinski definition) is 1. The molecule has 0 aromatic heterocycles. The van der Waals surface area contributed by atoms with E-state index >= 15 is 0 Å². The van der Waals surface area contributed by atoms with Gasteiger partial charge in [0.05, 0.1) is 6.04 Å². The minimum atomic E-state index is 0.369. The van der Waals surface area contributed by atoms with E-state index in [1.807, 2.05) is 0 Å². The molecule has 0 radical (unpaired) electrons. The Morgan fingerprint density at radius 3 is 1.95 bits per heavy atom. The van der Waals surface area contributed by atoms with E-state index in [1.54, 1.807) is 0 Å². The maximum Gasteiger partial charge on any atom is 0.0591 e. The van der Waals surface area contributed by atoms with Crippen LogP contribution in [0.4, 0.5) is 0 Å². The zero-order valence-corrected chi connectivity index (χ0v) is 12.7. The highest BCUT2D eigenvalue weighted by Gasteiger charge is 2.31. The molecule has 2 aromatic rings. The topological polar surface area (TPSA) is 12.0 Å². The van der Waals surface area contributed by atoms with Gasteiger partial charge >= 0.3 is 0 Å². The zero-order chi connectivity index (χ0) is 14.2. The number of benzene rings is 2. The summed E-state index contributed by atoms with van der Waals surface area (Å²) in [6, 6.07) is 18.7. The molecule has 2 aliphatic carbocycles. The Balaban J connectivity index is 1.68. The van der Waals surface area contributed by atoms with Crippen molar-refractivity contribution in [1.29, 1.82) is 0 Å². The lowest BCUT2D eigenvalue weighted by Crippen LogP contribution is -2.35. The lowest BCUT2D eigenvalue weighted by molar-refractivity contribution is 0.363. The van der Waals surface area contributed by atoms with E-state index in [1.165, 1.54) is 47.9 Å². The Bertz CT molecular complexity index is 594. The molecule has 1 N–H and O–H groups in total. The summed E-state index contributed by atoms with van der Waals surface area (Å²) >= 11 is 0. The number of fused-ring (bicyclic) bond motifs is 3. The minimum absolute atomic E-state index is 0.369. The second-order valence-corrected chi connectivity index (χ2v) is 6.61. The van der Waals surface area contributed by atoms with Crippen molar-refractivity contribution in [2.45, 2.75) is 44.7 Å². The van der Waals surface area contributed by atoms with Gasteiger partial charge in [0.25, 0.3) is 0 Å². The third-order valence-electron chi connectivity index (χ3n) is 5.37. The lowest BCUT2D eigenvalue weighted by atomic mass is 9.96. The van der Waals surface area contributed by atoms with Gasteiger partial charge in [0, 0.05) is 6.04 Å². The summed E-state index contributed by atoms with van der Waals surface area (Å²) in [5.74, 6) is 0.852. The molecule has 0 heterocycles. The average Bonchev–Trinajstić information content (AvgIpc) is 3.15. The first-order valence-electron chi connectivity index (χ1n) is 8.29. The highest BCUT2D eigenvalue weighted by molar-refractivity contribution is 5.78. The first-order valence-corrected chi connectivity index (χ1v) is 8.29. The maximum absolute atomic E-state index is 3.93. The summed E-state index contributed by atoms with van der Waals surface area (Å²) in [4.78, 5) is 0. The van der Waals surface area contributed by atoms with Crippen molar-refractivity contribution >= 4 is 0 Å². The monoisotopic (exact) mass is 277 g/mol. The van der Waals surface area contributed by atoms with Crippen LogP contribution < -0.4 is 5.32 Å². The van der Waals surface area contributed by atoms with Gasteiger partial charge in [-0.05, 0) is 47.9 Å². The van der Waals surface area contributed by atoms with Crippen molar-refractivity contribution in [3.8, 4) is 11.1 Å². The predicted octanol–water partition coefficient (Wildman–Crippen LogP) is 4.92. The summed E-state index contributed by atoms with van der Waals surface area (Å²) in [5, 5.41) is 3.93. The van der Waals surface area contributed by atoms with Gasteiger partial charge in [0.15, 0.2) is 0 Å². The van der Waals surface area contributed by atoms with Gasteiger partial charge in [0.2, 0.25) is 0 Å². The third kappa shape index (κ3) is 2.20. The van der Waals surface area contributed by atoms with E-state index < -0.39 is 0 Å². The second-order valence-electron chi connectivity index (χ2n) is 6.61. The average molecular weight is 277 g/mol. The Kier molecular flexibility index (Phi) is 3.31. The Morgan fingerprint density at radius 2 is 1.38 bits per heavy atom. The molecule has 1 saturated carbocycles. The summed E-state index contributed by atoms with van der Waals surface area (Å²) in [7, 11) is 0. The molecule has 0 bridgehead atoms. The molecule has 108 valence electrons. The molecule has 0 saturated heterocycles. The fourth-order valence-electron chi connectivity index (χ4n) is 4.19. The predicted molar refractivity (Wildman–Crippen MR) is 88.3 cm³/mol. The Hall–Kier alpha value is -1.60. The fourth-order valence-corrected chi connectivity index (χ4v) is 4.19. The highest BCUT2D eigenvalue weighted by atomic mass is 15.0. The number of rotatable bonds is 3. The molecule has 1 fully saturated rings. The van der Waals surface area contributed by atoms with Gasteiger partial charge in [-0.25, -0.2) is 0 Å². The van der Waals surface area contributed by atoms with Crippen LogP contribution in [0.3, 0.4) is 0 Å². The van der Waals surface area contributed by atoms with Crippen LogP contribution in [0.15, 0.2) is 48.5 Å². The number of hydrogen-bond donors (Lipinski definition) is 1. The second kappa shape index (κ2) is 5.31. The van der Waals surface area contributed by atoms with Crippen molar-refractivity contribution in [2.24, 2.45) is 5.92 Å². The summed E-state index contributed by atoms with van der Waals surface area (Å²) in [6.45, 7) is 2.37. The van der Waals surface area contributed by atoms with Crippen LogP contribution in [0.5, 0.6) is 0 Å². The van der Waals surface area contributed by atoms with E-state index in [4.69, 9.17) is 0 Å². The van der Waals surface area contributed by atoms with Crippen LogP contribution in [0.2, 0.25) is 0 Å². The van der Waals surface area contributed by atoms with Gasteiger partial charge in [0.1, 0.15) is 0 Å². The van der Waals surface area contributed by atoms with Crippen molar-refractivity contribution in [3.05, 3.63) is 59.7 Å². The van der Waals surface area contributed by atoms with E-state index in [2.05, 4.69) is 60.8 Å². The fraction of sp³-hybridized carbons (Fsp3) is 0.400. The van der Waals surface area contributed by atoms with Crippen LogP contribution in [0, 0.1) is 5.92 Å². The molecule has 0 unspecified atom stereocenters. The molecule has 0 aliphatic heterocycles. The van der Waals surface area contributed by atoms with Crippen LogP contribution >= 0.6 is 0 Å². The van der Waals surface area contributed by atoms with Crippen LogP contribution in [-0.4, -0.2) is 6.04 Å². The first kappa shape index (κ1) is 13.1. The maximum atomic E-state index is 3.93. The van der Waals surface area contributed by atoms with Gasteiger partial charge < -0.3 is 5.32 Å². The van der Waals surface area contributed by atoms with E-state index in [9.17, 15) is 0 Å². The smallest absolute Gasteiger partial charge is 0.0591 e. The van der Waals surface area contributed by atoms with E-state index in [0.29, 0.717) is 12.1 Å². The molecule has 2 aliphatic rings. The van der Waals surface area contributed by atoms with Crippen molar-refractivity contribution in [2.75, 3.05) is 0 Å². The quantitative estimate of drug-likeness (QED) is 0.839. The molecule has 21 heavy (non-hydrogen) atoms. The Labute approximate surface area is 127 Å². The molecule has 1 nitrogen and oxygen atoms in total. The number of nitrogens with one attached hydrogen (secondary N) is 1. The van der Waals surface area contributed by atoms with Crippen molar-refractivity contribution in [3.63, 3.8) is 0 Å². The van der Waals surface area contributed by atoms with Gasteiger partial charge in [-0.1, -0.05) is 61.4 Å². The molecule has 1 atom stereocenters. The molecule has 2 aromatic carbocycles. The van der Waals surface area contributed by atoms with Crippen LogP contribution in [0.1, 0.15) is 49.8 Å². The van der Waals surface area contributed by atoms with Gasteiger partial charge in [-0.3, -0.25) is 0 Å². The largest absolute Gasteiger partial charge is 0.303 e. The molecule has 4 rings (SSSR count). The molecule has 0 spiro atoms. The van der Waals surface area contributed by atoms with Crippen LogP contribution in [0.25, 0.3) is 11.1 Å². The zero-order valence-electron chi connectivity index (χ0n) is 12.7. The third-order valence-corrected chi connectivity index (χ3v) is 5.37. The van der Waals surface area contributed by atoms with E-state index in [0.717, 1.165) is 5.92 Å². The van der Waals surface area contributed by atoms with E-state index in [-0.39, 0.29) is 0 Å². The van der Waals surface area contributed by atoms with Gasteiger partial charge in [-0.2, -0.15) is 0 Å². The highest BCUT2D eigenvalue weighted by Crippen LogP contribution is 2.43. The summed E-state index contributed by atoms with van der Waals surface area (Å²) in [6.07, 6.45) is 5.61. The minimum Gasteiger partial charge on any atom is -0.303 e. The summed E-state index contributed by atoms with van der Waals surface area (Å²) < 4.78 is 0.